The van der Waals surface area contributed by atoms with E-state index in [0.717, 1.165) is 22.7 Å². The first-order chi connectivity index (χ1) is 36.3. The van der Waals surface area contributed by atoms with E-state index in [4.69, 9.17) is 25.3 Å². The van der Waals surface area contributed by atoms with E-state index < -0.39 is 56.9 Å². The predicted molar refractivity (Wildman–Crippen MR) is 298 cm³/mol. The molecule has 0 saturated carbocycles. The van der Waals surface area contributed by atoms with Gasteiger partial charge >= 0.3 is 0 Å². The van der Waals surface area contributed by atoms with Gasteiger partial charge in [0, 0.05) is 17.5 Å². The molecule has 5 N–H and O–H groups in total. The van der Waals surface area contributed by atoms with E-state index >= 15 is 0 Å². The first kappa shape index (κ1) is 57.8. The maximum atomic E-state index is 13.3. The van der Waals surface area contributed by atoms with Crippen molar-refractivity contribution in [2.45, 2.75) is 133 Å². The molecular formula is C50H54N10O12S6. The lowest BCUT2D eigenvalue weighted by molar-refractivity contribution is 0.479. The van der Waals surface area contributed by atoms with Crippen molar-refractivity contribution in [2.75, 3.05) is 10.2 Å². The van der Waals surface area contributed by atoms with Crippen LogP contribution in [-0.4, -0.2) is 83.6 Å². The van der Waals surface area contributed by atoms with Crippen LogP contribution in [-0.2, 0) is 71.6 Å². The first-order valence-corrected chi connectivity index (χ1v) is 31.5. The molecule has 0 amide bonds. The van der Waals surface area contributed by atoms with Gasteiger partial charge in [-0.3, -0.25) is 23.1 Å². The summed E-state index contributed by atoms with van der Waals surface area (Å²) in [5.74, 6) is -0.0953. The number of rotatable bonds is 15. The molecule has 0 saturated heterocycles. The highest BCUT2D eigenvalue weighted by atomic mass is 32.2. The van der Waals surface area contributed by atoms with Crippen molar-refractivity contribution in [3.8, 4) is 11.2 Å². The zero-order chi connectivity index (χ0) is 57.4. The Balaban J connectivity index is 1.43. The Morgan fingerprint density at radius 1 is 0.731 bits per heavy atom. The van der Waals surface area contributed by atoms with Gasteiger partial charge in [0.05, 0.1) is 41.6 Å². The minimum atomic E-state index is -4.87. The Hall–Kier alpha value is -6.39. The molecule has 0 spiro atoms. The normalized spacial score (nSPS) is 14.9. The third-order valence-corrected chi connectivity index (χ3v) is 18.9. The number of hydrogen-bond acceptors (Lipinski definition) is 19. The number of hydrogen-bond donors (Lipinski definition) is 5. The van der Waals surface area contributed by atoms with E-state index in [0.29, 0.717) is 61.4 Å². The maximum Gasteiger partial charge on any atom is 0.295 e. The van der Waals surface area contributed by atoms with Crippen LogP contribution in [0.5, 0.6) is 0 Å². The fourth-order valence-electron chi connectivity index (χ4n) is 9.62. The summed E-state index contributed by atoms with van der Waals surface area (Å²) < 4.78 is 145. The SMILES string of the molecule is CCc1cc(C)c(S(=O)(=O)O)c(CC)c1NC1=NC(N(c2nc3ccc(S(=O)(=O)O)cc3s2)c2c(CC)cc(C)c(S(=O)(=O)O)c2CC)CC(C)=C1N=Nc1c(C#N)c(C(C)(C)C)nn1-c1nc2ccc(S(=O)(=O)O)cc2s1. The van der Waals surface area contributed by atoms with E-state index in [1.807, 2.05) is 34.6 Å². The van der Waals surface area contributed by atoms with Gasteiger partial charge in [0.1, 0.15) is 33.3 Å². The minimum Gasteiger partial charge on any atom is -0.338 e. The Bertz CT molecular complexity index is 4260. The van der Waals surface area contributed by atoms with Crippen molar-refractivity contribution in [3.63, 3.8) is 0 Å². The zero-order valence-electron chi connectivity index (χ0n) is 43.8. The lowest BCUT2D eigenvalue weighted by Gasteiger charge is -2.36. The molecular weight excluding hydrogens is 1130 g/mol. The standard InChI is InChI=1S/C50H54N10O12S6/c1-11-28-19-26(6)43(77(67,68)69)32(13-3)41(28)55-46-40(56-57-47-34(24-51)45(50(8,9)10)58-60(47)49-53-36-18-16-31(76(64,65)66)23-38(36)74-49)25(5)21-39(54-46)59(48-52-35-17-15-30(75(61,62)63)22-37(35)73-48)42-29(12-2)20-27(7)44(33(42)14-4)78(70,71)72/h15-20,22-23,39H,11-14,21H2,1-10H3,(H,54,55)(H,61,62,63)(H,64,65,66)(H,67,68,69)(H,70,71,72). The largest absolute Gasteiger partial charge is 0.338 e. The van der Waals surface area contributed by atoms with E-state index in [-0.39, 0.29) is 95.1 Å². The van der Waals surface area contributed by atoms with Gasteiger partial charge in [-0.25, -0.2) is 15.0 Å². The number of thiazole rings is 2. The molecule has 1 atom stereocenters. The Labute approximate surface area is 459 Å². The highest BCUT2D eigenvalue weighted by Gasteiger charge is 2.37. The molecule has 1 aliphatic rings. The summed E-state index contributed by atoms with van der Waals surface area (Å²) in [4.78, 5) is 15.2. The highest BCUT2D eigenvalue weighted by Crippen LogP contribution is 2.46. The number of dihydropyridines is 1. The van der Waals surface area contributed by atoms with Gasteiger partial charge in [-0.05, 0) is 122 Å². The van der Waals surface area contributed by atoms with E-state index in [1.165, 1.54) is 41.1 Å². The van der Waals surface area contributed by atoms with Crippen LogP contribution in [0.25, 0.3) is 25.6 Å². The summed E-state index contributed by atoms with van der Waals surface area (Å²) in [6.45, 7) is 17.5. The van der Waals surface area contributed by atoms with Crippen molar-refractivity contribution >= 4 is 112 Å². The summed E-state index contributed by atoms with van der Waals surface area (Å²) in [5.41, 5.74) is 3.66. The Morgan fingerprint density at radius 2 is 1.27 bits per heavy atom. The smallest absolute Gasteiger partial charge is 0.295 e. The number of nitrogens with zero attached hydrogens (tertiary/aromatic N) is 9. The van der Waals surface area contributed by atoms with Crippen molar-refractivity contribution in [2.24, 2.45) is 15.2 Å². The maximum absolute atomic E-state index is 13.3. The molecule has 28 heteroatoms. The van der Waals surface area contributed by atoms with Crippen LogP contribution in [0.1, 0.15) is 106 Å². The highest BCUT2D eigenvalue weighted by molar-refractivity contribution is 7.86. The third-order valence-electron chi connectivity index (χ3n) is 13.0. The molecule has 0 aliphatic carbocycles. The van der Waals surface area contributed by atoms with Gasteiger partial charge in [0.15, 0.2) is 16.8 Å². The minimum absolute atomic E-state index is 0.00979. The Kier molecular flexibility index (Phi) is 15.6. The fourth-order valence-corrected chi connectivity index (χ4v) is 14.8. The summed E-state index contributed by atoms with van der Waals surface area (Å²) in [7, 11) is -18.9. The van der Waals surface area contributed by atoms with Crippen molar-refractivity contribution in [1.82, 2.24) is 19.7 Å². The summed E-state index contributed by atoms with van der Waals surface area (Å²) in [5, 5.41) is 28.9. The van der Waals surface area contributed by atoms with E-state index in [9.17, 15) is 57.1 Å². The van der Waals surface area contributed by atoms with Gasteiger partial charge in [-0.2, -0.15) is 48.7 Å². The molecule has 0 bridgehead atoms. The second-order valence-electron chi connectivity index (χ2n) is 19.4. The van der Waals surface area contributed by atoms with Crippen LogP contribution < -0.4 is 10.2 Å². The van der Waals surface area contributed by atoms with Gasteiger partial charge in [-0.15, -0.1) is 10.2 Å². The summed E-state index contributed by atoms with van der Waals surface area (Å²) in [6, 6.07) is 13.2. The van der Waals surface area contributed by atoms with Crippen LogP contribution in [0.3, 0.4) is 0 Å². The molecule has 0 fully saturated rings. The molecule has 0 radical (unpaired) electrons. The number of nitriles is 1. The van der Waals surface area contributed by atoms with Crippen molar-refractivity contribution in [3.05, 3.63) is 104 Å². The van der Waals surface area contributed by atoms with Crippen LogP contribution in [0.4, 0.5) is 22.3 Å². The van der Waals surface area contributed by atoms with Crippen molar-refractivity contribution in [1.29, 1.82) is 5.26 Å². The van der Waals surface area contributed by atoms with Gasteiger partial charge in [0.25, 0.3) is 40.5 Å². The Morgan fingerprint density at radius 3 is 1.78 bits per heavy atom. The molecule has 8 rings (SSSR count). The van der Waals surface area contributed by atoms with Gasteiger partial charge < -0.3 is 5.32 Å². The molecule has 3 aromatic heterocycles. The molecule has 4 heterocycles. The third kappa shape index (κ3) is 11.0. The number of anilines is 3. The lowest BCUT2D eigenvalue weighted by Crippen LogP contribution is -2.37. The van der Waals surface area contributed by atoms with E-state index in [1.54, 1.807) is 51.7 Å². The van der Waals surface area contributed by atoms with Crippen molar-refractivity contribution < 1.29 is 51.9 Å². The molecule has 412 valence electrons. The second-order valence-corrected chi connectivity index (χ2v) is 27.0. The average molecular weight is 1180 g/mol. The summed E-state index contributed by atoms with van der Waals surface area (Å²) >= 11 is 2.03. The van der Waals surface area contributed by atoms with Crippen LogP contribution in [0, 0.1) is 25.2 Å². The number of aliphatic imine (C=N–C) groups is 1. The molecule has 7 aromatic rings. The average Bonchev–Trinajstić information content (AvgIpc) is 4.07. The molecule has 78 heavy (non-hydrogen) atoms. The monoisotopic (exact) mass is 1180 g/mol. The molecule has 22 nitrogen and oxygen atoms in total. The van der Waals surface area contributed by atoms with Gasteiger partial charge in [-0.1, -0.05) is 83.3 Å². The topological polar surface area (TPSA) is 337 Å². The predicted octanol–water partition coefficient (Wildman–Crippen LogP) is 10.6. The van der Waals surface area contributed by atoms with Crippen LogP contribution in [0.2, 0.25) is 0 Å². The molecule has 4 aromatic carbocycles. The molecule has 1 aliphatic heterocycles. The lowest BCUT2D eigenvalue weighted by atomic mass is 9.90. The van der Waals surface area contributed by atoms with Crippen LogP contribution >= 0.6 is 22.7 Å². The summed E-state index contributed by atoms with van der Waals surface area (Å²) in [6.07, 6.45) is -0.233. The number of aromatic nitrogens is 4. The number of azo groups is 1. The second kappa shape index (κ2) is 21.0. The molecule has 1 unspecified atom stereocenters. The number of amidine groups is 1. The number of aryl methyl sites for hydroxylation is 4. The quantitative estimate of drug-likeness (QED) is 0.0470. The number of benzene rings is 4. The fraction of sp³-hybridized carbons (Fsp3) is 0.340. The number of nitrogens with one attached hydrogen (secondary N) is 1. The number of fused-ring (bicyclic) bond motifs is 2. The zero-order valence-corrected chi connectivity index (χ0v) is 48.7. The van der Waals surface area contributed by atoms with Crippen LogP contribution in [0.15, 0.2) is 94.6 Å². The first-order valence-electron chi connectivity index (χ1n) is 24.2. The van der Waals surface area contributed by atoms with Gasteiger partial charge in [0.2, 0.25) is 5.13 Å². The van der Waals surface area contributed by atoms with E-state index in [2.05, 4.69) is 16.4 Å².